The van der Waals surface area contributed by atoms with E-state index in [1.807, 2.05) is 0 Å². The number of allylic oxidation sites excluding steroid dienone is 1. The Bertz CT molecular complexity index is 661. The third kappa shape index (κ3) is 2.29. The molecule has 0 aromatic heterocycles. The van der Waals surface area contributed by atoms with Crippen molar-refractivity contribution >= 4 is 11.9 Å². The van der Waals surface area contributed by atoms with E-state index in [0.29, 0.717) is 5.92 Å². The lowest BCUT2D eigenvalue weighted by Crippen LogP contribution is -2.31. The van der Waals surface area contributed by atoms with Crippen LogP contribution in [-0.4, -0.2) is 11.9 Å². The van der Waals surface area contributed by atoms with Crippen LogP contribution in [0.1, 0.15) is 59.1 Å². The maximum absolute atomic E-state index is 11.6. The molecule has 0 unspecified atom stereocenters. The average molecular weight is 298 g/mol. The first-order valence-electron chi connectivity index (χ1n) is 8.13. The van der Waals surface area contributed by atoms with Gasteiger partial charge in [-0.05, 0) is 54.9 Å². The number of hydrogen-bond donors (Lipinski definition) is 0. The van der Waals surface area contributed by atoms with Crippen LogP contribution in [0.3, 0.4) is 0 Å². The Balaban J connectivity index is 2.11. The molecule has 22 heavy (non-hydrogen) atoms. The van der Waals surface area contributed by atoms with Gasteiger partial charge in [0.1, 0.15) is 17.6 Å². The van der Waals surface area contributed by atoms with Crippen molar-refractivity contribution in [3.8, 4) is 5.75 Å². The molecule has 118 valence electrons. The van der Waals surface area contributed by atoms with Crippen LogP contribution < -0.4 is 4.74 Å². The van der Waals surface area contributed by atoms with E-state index in [2.05, 4.69) is 65.8 Å². The first-order chi connectivity index (χ1) is 10.1. The van der Waals surface area contributed by atoms with Crippen LogP contribution in [0.5, 0.6) is 5.75 Å². The molecule has 0 saturated heterocycles. The van der Waals surface area contributed by atoms with E-state index in [9.17, 15) is 4.79 Å². The van der Waals surface area contributed by atoms with Gasteiger partial charge in [0.2, 0.25) is 0 Å². The lowest BCUT2D eigenvalue weighted by Gasteiger charge is -2.36. The van der Waals surface area contributed by atoms with E-state index in [4.69, 9.17) is 4.74 Å². The first kappa shape index (κ1) is 15.3. The summed E-state index contributed by atoms with van der Waals surface area (Å²) in [5, 5.41) is 0. The summed E-state index contributed by atoms with van der Waals surface area (Å²) in [5.74, 6) is 1.34. The van der Waals surface area contributed by atoms with Gasteiger partial charge in [-0.15, -0.1) is 0 Å². The fourth-order valence-corrected chi connectivity index (χ4v) is 3.56. The maximum atomic E-state index is 11.6. The zero-order valence-corrected chi connectivity index (χ0v) is 14.5. The van der Waals surface area contributed by atoms with Gasteiger partial charge in [-0.3, -0.25) is 0 Å². The molecule has 0 radical (unpaired) electrons. The molecule has 3 rings (SSSR count). The molecule has 2 nitrogen and oxygen atoms in total. The maximum Gasteiger partial charge on any atom is 0.130 e. The minimum absolute atomic E-state index is 0.0620. The molecule has 0 amide bonds. The van der Waals surface area contributed by atoms with E-state index >= 15 is 0 Å². The van der Waals surface area contributed by atoms with E-state index in [1.54, 1.807) is 0 Å². The number of fused-ring (bicyclic) bond motifs is 1. The molecule has 1 saturated carbocycles. The second-order valence-corrected chi connectivity index (χ2v) is 8.49. The van der Waals surface area contributed by atoms with Crippen LogP contribution in [0, 0.1) is 11.3 Å². The summed E-state index contributed by atoms with van der Waals surface area (Å²) in [7, 11) is 0. The van der Waals surface area contributed by atoms with Gasteiger partial charge in [0, 0.05) is 5.56 Å². The number of ether oxygens (including phenoxy) is 1. The number of aldehydes is 1. The van der Waals surface area contributed by atoms with E-state index in [-0.39, 0.29) is 16.4 Å². The molecule has 0 spiro atoms. The van der Waals surface area contributed by atoms with Crippen molar-refractivity contribution in [1.82, 2.24) is 0 Å². The largest absolute Gasteiger partial charge is 0.483 e. The second kappa shape index (κ2) is 4.47. The van der Waals surface area contributed by atoms with E-state index in [1.165, 1.54) is 5.57 Å². The van der Waals surface area contributed by atoms with Crippen molar-refractivity contribution in [3.05, 3.63) is 35.4 Å². The number of rotatable bonds is 2. The highest BCUT2D eigenvalue weighted by atomic mass is 16.5. The Morgan fingerprint density at radius 3 is 2.41 bits per heavy atom. The zero-order valence-electron chi connectivity index (χ0n) is 14.5. The van der Waals surface area contributed by atoms with Gasteiger partial charge < -0.3 is 9.53 Å². The molecular formula is C20H26O2. The van der Waals surface area contributed by atoms with Gasteiger partial charge in [0.25, 0.3) is 0 Å². The van der Waals surface area contributed by atoms with Crippen molar-refractivity contribution in [3.63, 3.8) is 0 Å². The van der Waals surface area contributed by atoms with Gasteiger partial charge in [0.15, 0.2) is 0 Å². The smallest absolute Gasteiger partial charge is 0.130 e. The Kier molecular flexibility index (Phi) is 3.11. The van der Waals surface area contributed by atoms with E-state index < -0.39 is 0 Å². The zero-order chi connectivity index (χ0) is 16.3. The van der Waals surface area contributed by atoms with Crippen LogP contribution in [0.4, 0.5) is 0 Å². The van der Waals surface area contributed by atoms with Crippen molar-refractivity contribution in [2.75, 3.05) is 0 Å². The summed E-state index contributed by atoms with van der Waals surface area (Å²) >= 11 is 0. The van der Waals surface area contributed by atoms with Crippen LogP contribution in [0.15, 0.2) is 24.3 Å². The molecule has 0 N–H and O–H groups in total. The minimum Gasteiger partial charge on any atom is -0.483 e. The van der Waals surface area contributed by atoms with Crippen LogP contribution in [0.25, 0.3) is 5.57 Å². The summed E-state index contributed by atoms with van der Waals surface area (Å²) in [6.07, 6.45) is 4.29. The van der Waals surface area contributed by atoms with Crippen LogP contribution >= 0.6 is 0 Å². The lowest BCUT2D eigenvalue weighted by molar-refractivity contribution is -0.110. The third-order valence-corrected chi connectivity index (χ3v) is 5.06. The fraction of sp³-hybridized carbons (Fsp3) is 0.550. The molecule has 2 aliphatic rings. The van der Waals surface area contributed by atoms with Gasteiger partial charge in [-0.25, -0.2) is 0 Å². The average Bonchev–Trinajstić information content (AvgIpc) is 3.07. The number of hydrogen-bond acceptors (Lipinski definition) is 2. The van der Waals surface area contributed by atoms with Crippen molar-refractivity contribution in [2.24, 2.45) is 11.3 Å². The predicted octanol–water partition coefficient (Wildman–Crippen LogP) is 4.76. The summed E-state index contributed by atoms with van der Waals surface area (Å²) < 4.78 is 6.20. The summed E-state index contributed by atoms with van der Waals surface area (Å²) in [6.45, 7) is 13.0. The van der Waals surface area contributed by atoms with Crippen molar-refractivity contribution in [1.29, 1.82) is 0 Å². The topological polar surface area (TPSA) is 26.3 Å². The summed E-state index contributed by atoms with van der Waals surface area (Å²) in [5.41, 5.74) is 3.02. The number of carbonyl (C=O) groups excluding carboxylic acids is 1. The molecule has 1 fully saturated rings. The van der Waals surface area contributed by atoms with Crippen molar-refractivity contribution in [2.45, 2.75) is 59.0 Å². The molecule has 1 aromatic rings. The SMILES string of the molecule is C[C@H]1C[C@]1(C=O)c1ccc2c(c1)OC(C)(C)C=C2C(C)(C)C. The standard InChI is InChI=1S/C20H26O2/c1-13-10-20(13,12-21)14-7-8-15-16(18(2,3)4)11-19(5,6)22-17(15)9-14/h7-9,11-13H,10H2,1-6H3/t13-,20+/m0/s1. The van der Waals surface area contributed by atoms with Gasteiger partial charge in [-0.1, -0.05) is 39.8 Å². The lowest BCUT2D eigenvalue weighted by atomic mass is 9.77. The van der Waals surface area contributed by atoms with Crippen LogP contribution in [0.2, 0.25) is 0 Å². The normalized spacial score (nSPS) is 29.2. The number of benzene rings is 1. The van der Waals surface area contributed by atoms with E-state index in [0.717, 1.165) is 29.6 Å². The summed E-state index contributed by atoms with van der Waals surface area (Å²) in [4.78, 5) is 11.6. The fourth-order valence-electron chi connectivity index (χ4n) is 3.56. The second-order valence-electron chi connectivity index (χ2n) is 8.49. The molecule has 1 aliphatic carbocycles. The van der Waals surface area contributed by atoms with Gasteiger partial charge in [0.05, 0.1) is 5.41 Å². The highest BCUT2D eigenvalue weighted by Crippen LogP contribution is 2.54. The Morgan fingerprint density at radius 2 is 1.91 bits per heavy atom. The monoisotopic (exact) mass is 298 g/mol. The Hall–Kier alpha value is -1.57. The summed E-state index contributed by atoms with van der Waals surface area (Å²) in [6, 6.07) is 6.33. The molecule has 1 heterocycles. The minimum atomic E-state index is -0.322. The molecule has 1 aliphatic heterocycles. The Labute approximate surface area is 133 Å². The molecule has 2 atom stereocenters. The molecule has 2 heteroatoms. The van der Waals surface area contributed by atoms with Crippen molar-refractivity contribution < 1.29 is 9.53 Å². The third-order valence-electron chi connectivity index (χ3n) is 5.06. The molecule has 0 bridgehead atoms. The Morgan fingerprint density at radius 1 is 1.27 bits per heavy atom. The molecular weight excluding hydrogens is 272 g/mol. The van der Waals surface area contributed by atoms with Gasteiger partial charge >= 0.3 is 0 Å². The quantitative estimate of drug-likeness (QED) is 0.736. The number of carbonyl (C=O) groups is 1. The highest BCUT2D eigenvalue weighted by molar-refractivity contribution is 5.79. The van der Waals surface area contributed by atoms with Crippen LogP contribution in [-0.2, 0) is 10.2 Å². The highest BCUT2D eigenvalue weighted by Gasteiger charge is 2.53. The first-order valence-corrected chi connectivity index (χ1v) is 8.13. The molecule has 1 aromatic carbocycles. The predicted molar refractivity (Wildman–Crippen MR) is 90.1 cm³/mol. The van der Waals surface area contributed by atoms with Gasteiger partial charge in [-0.2, -0.15) is 0 Å².